The molecule has 2 bridgehead atoms. The number of nitrogens with zero attached hydrogens (tertiary/aromatic N) is 2. The van der Waals surface area contributed by atoms with Gasteiger partial charge in [0.15, 0.2) is 5.58 Å². The second-order valence-electron chi connectivity index (χ2n) is 8.37. The van der Waals surface area contributed by atoms with Crippen molar-refractivity contribution in [1.82, 2.24) is 9.47 Å². The van der Waals surface area contributed by atoms with Crippen molar-refractivity contribution in [1.29, 1.82) is 0 Å². The molecule has 2 heterocycles. The van der Waals surface area contributed by atoms with Crippen LogP contribution in [-0.2, 0) is 6.67 Å². The molecule has 2 aliphatic rings. The summed E-state index contributed by atoms with van der Waals surface area (Å²) in [6.45, 7) is 9.31. The van der Waals surface area contributed by atoms with Gasteiger partial charge < -0.3 is 4.42 Å². The summed E-state index contributed by atoms with van der Waals surface area (Å²) in [5, 5.41) is 0. The van der Waals surface area contributed by atoms with Crippen molar-refractivity contribution in [2.45, 2.75) is 52.7 Å². The monoisotopic (exact) mass is 316 g/mol. The zero-order chi connectivity index (χ0) is 15.5. The van der Waals surface area contributed by atoms with E-state index in [9.17, 15) is 0 Å². The highest BCUT2D eigenvalue weighted by molar-refractivity contribution is 7.71. The van der Waals surface area contributed by atoms with Crippen LogP contribution >= 0.6 is 12.2 Å². The Bertz CT molecular complexity index is 775. The van der Waals surface area contributed by atoms with Crippen LogP contribution in [0.15, 0.2) is 28.7 Å². The molecule has 4 rings (SSSR count). The SMILES string of the molecule is CC1(C)CC2CC(C)(CN2Cn2c(=S)oc3ccccc32)C1. The first kappa shape index (κ1) is 14.5. The van der Waals surface area contributed by atoms with Gasteiger partial charge in [-0.1, -0.05) is 32.9 Å². The summed E-state index contributed by atoms with van der Waals surface area (Å²) in [6, 6.07) is 8.81. The Balaban J connectivity index is 1.67. The lowest BCUT2D eigenvalue weighted by Crippen LogP contribution is -2.35. The molecule has 3 nitrogen and oxygen atoms in total. The van der Waals surface area contributed by atoms with E-state index in [1.54, 1.807) is 0 Å². The number of benzene rings is 1. The van der Waals surface area contributed by atoms with Crippen molar-refractivity contribution < 1.29 is 4.42 Å². The van der Waals surface area contributed by atoms with Gasteiger partial charge in [0.25, 0.3) is 4.84 Å². The molecule has 1 saturated carbocycles. The van der Waals surface area contributed by atoms with Gasteiger partial charge in [-0.15, -0.1) is 0 Å². The minimum absolute atomic E-state index is 0.451. The van der Waals surface area contributed by atoms with Gasteiger partial charge in [-0.25, -0.2) is 0 Å². The number of fused-ring (bicyclic) bond motifs is 3. The second-order valence-corrected chi connectivity index (χ2v) is 8.71. The molecular formula is C18H24N2OS. The first-order valence-corrected chi connectivity index (χ1v) is 8.59. The predicted molar refractivity (Wildman–Crippen MR) is 91.3 cm³/mol. The Morgan fingerprint density at radius 3 is 2.82 bits per heavy atom. The lowest BCUT2D eigenvalue weighted by Gasteiger charge is -2.39. The smallest absolute Gasteiger partial charge is 0.270 e. The highest BCUT2D eigenvalue weighted by Crippen LogP contribution is 2.52. The first-order chi connectivity index (χ1) is 10.4. The zero-order valence-corrected chi connectivity index (χ0v) is 14.4. The van der Waals surface area contributed by atoms with Gasteiger partial charge in [0.2, 0.25) is 0 Å². The molecule has 22 heavy (non-hydrogen) atoms. The van der Waals surface area contributed by atoms with Gasteiger partial charge in [-0.05, 0) is 54.4 Å². The number of para-hydroxylation sites is 2. The molecule has 0 amide bonds. The predicted octanol–water partition coefficient (Wildman–Crippen LogP) is 4.82. The van der Waals surface area contributed by atoms with Gasteiger partial charge in [-0.2, -0.15) is 0 Å². The van der Waals surface area contributed by atoms with E-state index in [2.05, 4.69) is 42.4 Å². The maximum absolute atomic E-state index is 5.74. The second kappa shape index (κ2) is 4.68. The highest BCUT2D eigenvalue weighted by Gasteiger charge is 2.49. The number of rotatable bonds is 2. The summed E-state index contributed by atoms with van der Waals surface area (Å²) < 4.78 is 7.89. The molecule has 1 saturated heterocycles. The molecule has 2 aromatic rings. The first-order valence-electron chi connectivity index (χ1n) is 8.18. The maximum atomic E-state index is 5.74. The third kappa shape index (κ3) is 2.33. The number of oxazole rings is 1. The average Bonchev–Trinajstić information content (AvgIpc) is 2.84. The van der Waals surface area contributed by atoms with Crippen LogP contribution in [0, 0.1) is 15.7 Å². The van der Waals surface area contributed by atoms with E-state index >= 15 is 0 Å². The van der Waals surface area contributed by atoms with E-state index in [1.807, 2.05) is 12.1 Å². The number of likely N-dealkylation sites (tertiary alicyclic amines) is 1. The number of hydrogen-bond acceptors (Lipinski definition) is 3. The molecule has 1 aromatic heterocycles. The van der Waals surface area contributed by atoms with Gasteiger partial charge in [0, 0.05) is 12.6 Å². The average molecular weight is 316 g/mol. The van der Waals surface area contributed by atoms with Gasteiger partial charge >= 0.3 is 0 Å². The quantitative estimate of drug-likeness (QED) is 0.741. The summed E-state index contributed by atoms with van der Waals surface area (Å²) >= 11 is 5.45. The normalized spacial score (nSPS) is 31.0. The maximum Gasteiger partial charge on any atom is 0.270 e. The van der Waals surface area contributed by atoms with Crippen LogP contribution in [0.1, 0.15) is 40.0 Å². The third-order valence-corrected chi connectivity index (χ3v) is 5.72. The molecule has 2 fully saturated rings. The summed E-state index contributed by atoms with van der Waals surface area (Å²) in [4.78, 5) is 3.21. The Morgan fingerprint density at radius 1 is 1.23 bits per heavy atom. The van der Waals surface area contributed by atoms with Crippen molar-refractivity contribution in [2.75, 3.05) is 6.54 Å². The molecule has 0 radical (unpaired) electrons. The van der Waals surface area contributed by atoms with Crippen molar-refractivity contribution in [2.24, 2.45) is 10.8 Å². The number of aromatic nitrogens is 1. The third-order valence-electron chi connectivity index (χ3n) is 5.42. The molecule has 0 N–H and O–H groups in total. The summed E-state index contributed by atoms with van der Waals surface area (Å²) in [5.74, 6) is 0. The standard InChI is InChI=1S/C18H24N2OS/c1-17(2)8-13-9-18(3,10-17)11-19(13)12-20-14-6-4-5-7-15(14)21-16(20)22/h4-7,13H,8-12H2,1-3H3. The van der Waals surface area contributed by atoms with Crippen molar-refractivity contribution in [3.8, 4) is 0 Å². The fourth-order valence-corrected chi connectivity index (χ4v) is 5.32. The van der Waals surface area contributed by atoms with E-state index in [0.717, 1.165) is 17.8 Å². The van der Waals surface area contributed by atoms with E-state index in [0.29, 0.717) is 21.7 Å². The zero-order valence-electron chi connectivity index (χ0n) is 13.6. The molecule has 4 heteroatoms. The summed E-state index contributed by atoms with van der Waals surface area (Å²) in [6.07, 6.45) is 3.93. The van der Waals surface area contributed by atoms with Crippen LogP contribution in [0.2, 0.25) is 0 Å². The van der Waals surface area contributed by atoms with E-state index in [4.69, 9.17) is 16.6 Å². The lowest BCUT2D eigenvalue weighted by atomic mass is 9.65. The van der Waals surface area contributed by atoms with Crippen LogP contribution in [0.5, 0.6) is 0 Å². The van der Waals surface area contributed by atoms with Crippen LogP contribution < -0.4 is 0 Å². The number of hydrogen-bond donors (Lipinski definition) is 0. The molecular weight excluding hydrogens is 292 g/mol. The van der Waals surface area contributed by atoms with Crippen LogP contribution in [0.25, 0.3) is 11.1 Å². The summed E-state index contributed by atoms with van der Waals surface area (Å²) in [7, 11) is 0. The molecule has 2 unspecified atom stereocenters. The fraction of sp³-hybridized carbons (Fsp3) is 0.611. The van der Waals surface area contributed by atoms with Gasteiger partial charge in [0.1, 0.15) is 0 Å². The van der Waals surface area contributed by atoms with Crippen LogP contribution in [0.3, 0.4) is 0 Å². The van der Waals surface area contributed by atoms with Gasteiger partial charge in [0.05, 0.1) is 12.2 Å². The Labute approximate surface area is 136 Å². The van der Waals surface area contributed by atoms with E-state index in [1.165, 1.54) is 25.8 Å². The highest BCUT2D eigenvalue weighted by atomic mass is 32.1. The van der Waals surface area contributed by atoms with Crippen LogP contribution in [-0.4, -0.2) is 22.1 Å². The van der Waals surface area contributed by atoms with Crippen molar-refractivity contribution in [3.63, 3.8) is 0 Å². The molecule has 1 aliphatic heterocycles. The minimum Gasteiger partial charge on any atom is -0.429 e. The molecule has 1 aromatic carbocycles. The largest absolute Gasteiger partial charge is 0.429 e. The molecule has 2 atom stereocenters. The fourth-order valence-electron chi connectivity index (χ4n) is 5.07. The molecule has 118 valence electrons. The summed E-state index contributed by atoms with van der Waals surface area (Å²) in [5.41, 5.74) is 2.90. The van der Waals surface area contributed by atoms with Crippen LogP contribution in [0.4, 0.5) is 0 Å². The van der Waals surface area contributed by atoms with Crippen molar-refractivity contribution in [3.05, 3.63) is 29.1 Å². The van der Waals surface area contributed by atoms with Crippen molar-refractivity contribution >= 4 is 23.3 Å². The Morgan fingerprint density at radius 2 is 2.00 bits per heavy atom. The van der Waals surface area contributed by atoms with E-state index < -0.39 is 0 Å². The Kier molecular flexibility index (Phi) is 3.08. The topological polar surface area (TPSA) is 21.3 Å². The Hall–Kier alpha value is -1.13. The lowest BCUT2D eigenvalue weighted by molar-refractivity contribution is 0.121. The molecule has 0 spiro atoms. The minimum atomic E-state index is 0.451. The van der Waals surface area contributed by atoms with Gasteiger partial charge in [-0.3, -0.25) is 9.47 Å². The van der Waals surface area contributed by atoms with E-state index in [-0.39, 0.29) is 0 Å². The molecule has 1 aliphatic carbocycles.